The number of methoxy groups -OCH3 is 1. The van der Waals surface area contributed by atoms with Gasteiger partial charge in [-0.15, -0.1) is 0 Å². The van der Waals surface area contributed by atoms with Crippen LogP contribution < -0.4 is 4.74 Å². The lowest BCUT2D eigenvalue weighted by Crippen LogP contribution is -2.31. The zero-order valence-corrected chi connectivity index (χ0v) is 20.4. The van der Waals surface area contributed by atoms with Crippen molar-refractivity contribution in [3.8, 4) is 22.7 Å². The first-order valence-electron chi connectivity index (χ1n) is 10.6. The maximum atomic E-state index is 13.0. The average molecular weight is 480 g/mol. The average Bonchev–Trinajstić information content (AvgIpc) is 3.34. The van der Waals surface area contributed by atoms with Crippen LogP contribution in [0.4, 0.5) is 0 Å². The highest BCUT2D eigenvalue weighted by molar-refractivity contribution is 8.26. The van der Waals surface area contributed by atoms with Crippen molar-refractivity contribution >= 4 is 40.3 Å². The van der Waals surface area contributed by atoms with E-state index in [2.05, 4.69) is 0 Å². The maximum Gasteiger partial charge on any atom is 0.266 e. The van der Waals surface area contributed by atoms with Gasteiger partial charge >= 0.3 is 0 Å². The Kier molecular flexibility index (Phi) is 7.27. The highest BCUT2D eigenvalue weighted by Gasteiger charge is 2.32. The van der Waals surface area contributed by atoms with E-state index >= 15 is 0 Å². The van der Waals surface area contributed by atoms with E-state index < -0.39 is 0 Å². The Bertz CT molecular complexity index is 1200. The molecule has 0 aliphatic carbocycles. The van der Waals surface area contributed by atoms with E-state index in [0.29, 0.717) is 29.0 Å². The van der Waals surface area contributed by atoms with Gasteiger partial charge in [-0.1, -0.05) is 42.2 Å². The Hall–Kier alpha value is -2.94. The van der Waals surface area contributed by atoms with Crippen LogP contribution in [0.2, 0.25) is 0 Å². The second-order valence-electron chi connectivity index (χ2n) is 7.45. The minimum atomic E-state index is -0.108. The molecule has 6 nitrogen and oxygen atoms in total. The Morgan fingerprint density at radius 2 is 1.97 bits per heavy atom. The Labute approximate surface area is 203 Å². The molecule has 1 aliphatic rings. The van der Waals surface area contributed by atoms with E-state index in [1.807, 2.05) is 79.3 Å². The van der Waals surface area contributed by atoms with Gasteiger partial charge in [0, 0.05) is 24.4 Å². The summed E-state index contributed by atoms with van der Waals surface area (Å²) in [5, 5.41) is 4.89. The van der Waals surface area contributed by atoms with E-state index in [1.54, 1.807) is 12.0 Å². The summed E-state index contributed by atoms with van der Waals surface area (Å²) in [5.74, 6) is 0.714. The number of hydrogen-bond donors (Lipinski definition) is 0. The third-order valence-electron chi connectivity index (χ3n) is 5.21. The largest absolute Gasteiger partial charge is 0.494 e. The van der Waals surface area contributed by atoms with Gasteiger partial charge in [0.15, 0.2) is 0 Å². The molecule has 2 aromatic carbocycles. The van der Waals surface area contributed by atoms with E-state index in [1.165, 1.54) is 11.8 Å². The molecular formula is C25H25N3O3S2. The lowest BCUT2D eigenvalue weighted by atomic mass is 10.0. The fourth-order valence-corrected chi connectivity index (χ4v) is 4.89. The summed E-state index contributed by atoms with van der Waals surface area (Å²) in [5.41, 5.74) is 4.60. The van der Waals surface area contributed by atoms with Crippen LogP contribution in [-0.4, -0.2) is 51.8 Å². The van der Waals surface area contributed by atoms with E-state index in [9.17, 15) is 4.79 Å². The molecule has 33 heavy (non-hydrogen) atoms. The summed E-state index contributed by atoms with van der Waals surface area (Å²) in [7, 11) is 1.61. The van der Waals surface area contributed by atoms with Crippen LogP contribution in [-0.2, 0) is 9.53 Å². The number of aromatic nitrogens is 2. The van der Waals surface area contributed by atoms with Crippen molar-refractivity contribution in [2.24, 2.45) is 0 Å². The van der Waals surface area contributed by atoms with Gasteiger partial charge in [-0.25, -0.2) is 4.68 Å². The fraction of sp³-hybridized carbons (Fsp3) is 0.240. The van der Waals surface area contributed by atoms with Crippen molar-refractivity contribution in [1.82, 2.24) is 14.7 Å². The topological polar surface area (TPSA) is 56.6 Å². The molecule has 3 aromatic rings. The zero-order chi connectivity index (χ0) is 23.4. The molecule has 0 N–H and O–H groups in total. The molecule has 0 bridgehead atoms. The summed E-state index contributed by atoms with van der Waals surface area (Å²) in [6.45, 7) is 5.48. The molecule has 0 spiro atoms. The molecule has 0 radical (unpaired) electrons. The molecule has 1 aromatic heterocycles. The molecule has 2 heterocycles. The molecule has 0 saturated carbocycles. The molecular weight excluding hydrogens is 454 g/mol. The van der Waals surface area contributed by atoms with Crippen LogP contribution in [0, 0.1) is 6.92 Å². The fourth-order valence-electron chi connectivity index (χ4n) is 3.59. The molecule has 1 saturated heterocycles. The molecule has 4 rings (SSSR count). The number of aryl methyl sites for hydroxylation is 1. The summed E-state index contributed by atoms with van der Waals surface area (Å²) in [4.78, 5) is 15.1. The van der Waals surface area contributed by atoms with Gasteiger partial charge in [-0.3, -0.25) is 9.69 Å². The van der Waals surface area contributed by atoms with Crippen LogP contribution in [0.15, 0.2) is 59.6 Å². The molecule has 170 valence electrons. The first-order chi connectivity index (χ1) is 16.0. The number of nitrogens with zero attached hydrogens (tertiary/aromatic N) is 3. The van der Waals surface area contributed by atoms with Crippen molar-refractivity contribution in [2.45, 2.75) is 13.8 Å². The van der Waals surface area contributed by atoms with E-state index in [-0.39, 0.29) is 5.91 Å². The van der Waals surface area contributed by atoms with Gasteiger partial charge in [0.05, 0.1) is 30.4 Å². The molecule has 1 fully saturated rings. The summed E-state index contributed by atoms with van der Waals surface area (Å²) < 4.78 is 13.1. The van der Waals surface area contributed by atoms with Gasteiger partial charge in [0.25, 0.3) is 5.91 Å². The molecule has 0 unspecified atom stereocenters. The first kappa shape index (κ1) is 23.2. The Morgan fingerprint density at radius 3 is 2.67 bits per heavy atom. The van der Waals surface area contributed by atoms with Gasteiger partial charge in [0.2, 0.25) is 0 Å². The molecule has 8 heteroatoms. The maximum absolute atomic E-state index is 13.0. The van der Waals surface area contributed by atoms with Gasteiger partial charge in [-0.2, -0.15) is 5.10 Å². The number of hydrogen-bond acceptors (Lipinski definition) is 6. The van der Waals surface area contributed by atoms with Crippen LogP contribution in [0.25, 0.3) is 23.0 Å². The van der Waals surface area contributed by atoms with E-state index in [0.717, 1.165) is 33.8 Å². The standard InChI is InChI=1S/C25H25N3O3S2/c1-4-31-20-10-11-21(17(2)14-20)23-18(16-28(26-23)19-8-6-5-7-9-19)15-22-24(29)27(12-13-30-3)25(32)33-22/h5-11,14-16H,4,12-13H2,1-3H3. The number of rotatable bonds is 8. The SMILES string of the molecule is CCOc1ccc(-c2nn(-c3ccccc3)cc2C=C2SC(=S)N(CCOC)C2=O)c(C)c1. The summed E-state index contributed by atoms with van der Waals surface area (Å²) in [6, 6.07) is 15.9. The minimum absolute atomic E-state index is 0.108. The van der Waals surface area contributed by atoms with Crippen molar-refractivity contribution in [3.05, 3.63) is 70.8 Å². The third kappa shape index (κ3) is 5.03. The van der Waals surface area contributed by atoms with Crippen LogP contribution in [0.5, 0.6) is 5.75 Å². The predicted octanol–water partition coefficient (Wildman–Crippen LogP) is 5.09. The van der Waals surface area contributed by atoms with Crippen LogP contribution >= 0.6 is 24.0 Å². The van der Waals surface area contributed by atoms with Crippen molar-refractivity contribution in [1.29, 1.82) is 0 Å². The lowest BCUT2D eigenvalue weighted by Gasteiger charge is -2.12. The number of carbonyl (C=O) groups is 1. The smallest absolute Gasteiger partial charge is 0.266 e. The Balaban J connectivity index is 1.78. The lowest BCUT2D eigenvalue weighted by molar-refractivity contribution is -0.122. The van der Waals surface area contributed by atoms with Crippen molar-refractivity contribution in [3.63, 3.8) is 0 Å². The van der Waals surface area contributed by atoms with Crippen molar-refractivity contribution < 1.29 is 14.3 Å². The van der Waals surface area contributed by atoms with Gasteiger partial charge in [0.1, 0.15) is 15.8 Å². The normalized spacial score (nSPS) is 15.0. The van der Waals surface area contributed by atoms with Gasteiger partial charge in [-0.05, 0) is 55.8 Å². The first-order valence-corrected chi connectivity index (χ1v) is 11.9. The van der Waals surface area contributed by atoms with Gasteiger partial charge < -0.3 is 9.47 Å². The highest BCUT2D eigenvalue weighted by atomic mass is 32.2. The van der Waals surface area contributed by atoms with E-state index in [4.69, 9.17) is 26.8 Å². The third-order valence-corrected chi connectivity index (χ3v) is 6.58. The number of thiocarbonyl (C=S) groups is 1. The minimum Gasteiger partial charge on any atom is -0.494 e. The quantitative estimate of drug-likeness (QED) is 0.331. The molecule has 1 amide bonds. The number of benzene rings is 2. The summed E-state index contributed by atoms with van der Waals surface area (Å²) in [6.07, 6.45) is 3.83. The zero-order valence-electron chi connectivity index (χ0n) is 18.8. The predicted molar refractivity (Wildman–Crippen MR) is 137 cm³/mol. The highest BCUT2D eigenvalue weighted by Crippen LogP contribution is 2.36. The monoisotopic (exact) mass is 479 g/mol. The number of ether oxygens (including phenoxy) is 2. The number of carbonyl (C=O) groups excluding carboxylic acids is 1. The Morgan fingerprint density at radius 1 is 1.18 bits per heavy atom. The van der Waals surface area contributed by atoms with Crippen LogP contribution in [0.3, 0.4) is 0 Å². The number of amides is 1. The number of thioether (sulfide) groups is 1. The second-order valence-corrected chi connectivity index (χ2v) is 9.12. The number of para-hydroxylation sites is 1. The van der Waals surface area contributed by atoms with Crippen LogP contribution in [0.1, 0.15) is 18.1 Å². The van der Waals surface area contributed by atoms with Crippen molar-refractivity contribution in [2.75, 3.05) is 26.9 Å². The summed E-state index contributed by atoms with van der Waals surface area (Å²) >= 11 is 6.73. The molecule has 0 atom stereocenters. The molecule has 1 aliphatic heterocycles. The second kappa shape index (κ2) is 10.3.